The van der Waals surface area contributed by atoms with Crippen molar-refractivity contribution in [3.8, 4) is 11.4 Å². The number of benzene rings is 1. The molecule has 6 heteroatoms. The average molecular weight is 303 g/mol. The topological polar surface area (TPSA) is 69.3 Å². The number of aliphatic hydroxyl groups is 1. The van der Waals surface area contributed by atoms with E-state index in [4.69, 9.17) is 4.74 Å². The fourth-order valence-electron chi connectivity index (χ4n) is 2.82. The van der Waals surface area contributed by atoms with Crippen molar-refractivity contribution in [3.05, 3.63) is 40.1 Å². The maximum atomic E-state index is 12.8. The molecule has 22 heavy (non-hydrogen) atoms. The van der Waals surface area contributed by atoms with Gasteiger partial charge in [0.1, 0.15) is 5.75 Å². The molecule has 1 aromatic carbocycles. The summed E-state index contributed by atoms with van der Waals surface area (Å²) in [5, 5.41) is 14.0. The van der Waals surface area contributed by atoms with Gasteiger partial charge in [-0.25, -0.2) is 14.0 Å². The second-order valence-electron chi connectivity index (χ2n) is 6.21. The first-order valence-corrected chi connectivity index (χ1v) is 7.52. The highest BCUT2D eigenvalue weighted by Crippen LogP contribution is 2.37. The SMILES string of the molecule is CCC(CO)n1nc2n(c1=O)-c1cc(C)ccc1OC2(C)C. The number of nitrogens with zero attached hydrogens (tertiary/aromatic N) is 3. The largest absolute Gasteiger partial charge is 0.478 e. The van der Waals surface area contributed by atoms with Gasteiger partial charge in [-0.3, -0.25) is 0 Å². The van der Waals surface area contributed by atoms with Crippen molar-refractivity contribution in [1.29, 1.82) is 0 Å². The Hall–Kier alpha value is -2.08. The predicted molar refractivity (Wildman–Crippen MR) is 82.6 cm³/mol. The number of aliphatic hydroxyl groups excluding tert-OH is 1. The summed E-state index contributed by atoms with van der Waals surface area (Å²) < 4.78 is 8.99. The molecule has 1 aliphatic rings. The van der Waals surface area contributed by atoms with Crippen molar-refractivity contribution in [2.24, 2.45) is 0 Å². The lowest BCUT2D eigenvalue weighted by Gasteiger charge is -2.31. The standard InChI is InChI=1S/C16H21N3O3/c1-5-11(9-20)19-15(21)18-12-8-10(2)6-7-13(12)22-16(3,4)14(18)17-19/h6-8,11,20H,5,9H2,1-4H3. The third kappa shape index (κ3) is 2.06. The number of ether oxygens (including phenoxy) is 1. The van der Waals surface area contributed by atoms with Crippen LogP contribution in [0.15, 0.2) is 23.0 Å². The Morgan fingerprint density at radius 2 is 2.14 bits per heavy atom. The minimum atomic E-state index is -0.708. The van der Waals surface area contributed by atoms with Crippen LogP contribution >= 0.6 is 0 Å². The monoisotopic (exact) mass is 303 g/mol. The molecule has 1 aliphatic heterocycles. The lowest BCUT2D eigenvalue weighted by molar-refractivity contribution is 0.0856. The maximum absolute atomic E-state index is 12.8. The number of fused-ring (bicyclic) bond motifs is 3. The van der Waals surface area contributed by atoms with E-state index in [1.807, 2.05) is 45.9 Å². The molecule has 118 valence electrons. The molecule has 0 saturated heterocycles. The molecule has 1 N–H and O–H groups in total. The number of aryl methyl sites for hydroxylation is 1. The molecule has 0 saturated carbocycles. The second kappa shape index (κ2) is 4.98. The number of rotatable bonds is 3. The highest BCUT2D eigenvalue weighted by atomic mass is 16.5. The van der Waals surface area contributed by atoms with E-state index in [1.165, 1.54) is 4.68 Å². The molecule has 6 nitrogen and oxygen atoms in total. The van der Waals surface area contributed by atoms with Gasteiger partial charge in [-0.1, -0.05) is 13.0 Å². The van der Waals surface area contributed by atoms with Crippen LogP contribution in [-0.2, 0) is 5.60 Å². The van der Waals surface area contributed by atoms with E-state index in [0.29, 0.717) is 23.7 Å². The Kier molecular flexibility index (Phi) is 3.36. The summed E-state index contributed by atoms with van der Waals surface area (Å²) in [4.78, 5) is 12.8. The van der Waals surface area contributed by atoms with Crippen LogP contribution in [0.2, 0.25) is 0 Å². The Labute approximate surface area is 129 Å². The summed E-state index contributed by atoms with van der Waals surface area (Å²) in [5.41, 5.74) is 0.805. The Balaban J connectivity index is 2.30. The van der Waals surface area contributed by atoms with Crippen LogP contribution in [-0.4, -0.2) is 26.1 Å². The van der Waals surface area contributed by atoms with Gasteiger partial charge in [0.25, 0.3) is 0 Å². The fraction of sp³-hybridized carbons (Fsp3) is 0.500. The highest BCUT2D eigenvalue weighted by Gasteiger charge is 2.38. The van der Waals surface area contributed by atoms with Gasteiger partial charge in [-0.2, -0.15) is 0 Å². The molecule has 0 spiro atoms. The first kappa shape index (κ1) is 14.8. The molecular weight excluding hydrogens is 282 g/mol. The van der Waals surface area contributed by atoms with Crippen LogP contribution in [0, 0.1) is 6.92 Å². The van der Waals surface area contributed by atoms with Gasteiger partial charge < -0.3 is 9.84 Å². The summed E-state index contributed by atoms with van der Waals surface area (Å²) >= 11 is 0. The van der Waals surface area contributed by atoms with Gasteiger partial charge in [-0.05, 0) is 44.9 Å². The average Bonchev–Trinajstić information content (AvgIpc) is 2.81. The van der Waals surface area contributed by atoms with Crippen LogP contribution in [0.25, 0.3) is 5.69 Å². The molecule has 0 fully saturated rings. The van der Waals surface area contributed by atoms with Crippen molar-refractivity contribution >= 4 is 0 Å². The maximum Gasteiger partial charge on any atom is 0.351 e. The van der Waals surface area contributed by atoms with Gasteiger partial charge in [0, 0.05) is 0 Å². The van der Waals surface area contributed by atoms with E-state index in [2.05, 4.69) is 5.10 Å². The zero-order chi connectivity index (χ0) is 16.1. The summed E-state index contributed by atoms with van der Waals surface area (Å²) in [6, 6.07) is 5.43. The minimum absolute atomic E-state index is 0.116. The number of hydrogen-bond donors (Lipinski definition) is 1. The van der Waals surface area contributed by atoms with E-state index in [9.17, 15) is 9.90 Å². The van der Waals surface area contributed by atoms with E-state index >= 15 is 0 Å². The van der Waals surface area contributed by atoms with Crippen LogP contribution in [0.1, 0.15) is 44.6 Å². The van der Waals surface area contributed by atoms with Gasteiger partial charge >= 0.3 is 5.69 Å². The van der Waals surface area contributed by atoms with Crippen molar-refractivity contribution in [3.63, 3.8) is 0 Å². The summed E-state index contributed by atoms with van der Waals surface area (Å²) in [7, 11) is 0. The number of hydrogen-bond acceptors (Lipinski definition) is 4. The van der Waals surface area contributed by atoms with E-state index in [-0.39, 0.29) is 18.3 Å². The fourth-order valence-corrected chi connectivity index (χ4v) is 2.82. The first-order valence-electron chi connectivity index (χ1n) is 7.52. The van der Waals surface area contributed by atoms with Crippen molar-refractivity contribution in [2.75, 3.05) is 6.61 Å². The molecule has 2 aromatic rings. The van der Waals surface area contributed by atoms with Crippen molar-refractivity contribution < 1.29 is 9.84 Å². The number of aromatic nitrogens is 3. The second-order valence-corrected chi connectivity index (χ2v) is 6.21. The van der Waals surface area contributed by atoms with Gasteiger partial charge in [0.2, 0.25) is 0 Å². The quantitative estimate of drug-likeness (QED) is 0.940. The van der Waals surface area contributed by atoms with Crippen LogP contribution < -0.4 is 10.4 Å². The van der Waals surface area contributed by atoms with E-state index in [0.717, 1.165) is 5.56 Å². The molecule has 1 unspecified atom stereocenters. The smallest absolute Gasteiger partial charge is 0.351 e. The third-order valence-corrected chi connectivity index (χ3v) is 4.09. The Morgan fingerprint density at radius 3 is 2.77 bits per heavy atom. The predicted octanol–water partition coefficient (Wildman–Crippen LogP) is 1.91. The molecule has 0 amide bonds. The lowest BCUT2D eigenvalue weighted by Crippen LogP contribution is -2.36. The zero-order valence-electron chi connectivity index (χ0n) is 13.3. The minimum Gasteiger partial charge on any atom is -0.478 e. The Bertz CT molecular complexity index is 769. The van der Waals surface area contributed by atoms with Gasteiger partial charge in [0.05, 0.1) is 18.3 Å². The van der Waals surface area contributed by atoms with E-state index < -0.39 is 5.60 Å². The van der Waals surface area contributed by atoms with E-state index in [1.54, 1.807) is 4.57 Å². The molecule has 0 aliphatic carbocycles. The normalized spacial score (nSPS) is 16.6. The molecule has 2 heterocycles. The van der Waals surface area contributed by atoms with Crippen LogP contribution in [0.3, 0.4) is 0 Å². The molecule has 3 rings (SSSR count). The highest BCUT2D eigenvalue weighted by molar-refractivity contribution is 5.52. The van der Waals surface area contributed by atoms with Crippen molar-refractivity contribution in [1.82, 2.24) is 14.3 Å². The summed E-state index contributed by atoms with van der Waals surface area (Å²) in [6.07, 6.45) is 0.634. The lowest BCUT2D eigenvalue weighted by atomic mass is 10.1. The Morgan fingerprint density at radius 1 is 1.41 bits per heavy atom. The van der Waals surface area contributed by atoms with Gasteiger partial charge in [0.15, 0.2) is 11.4 Å². The molecule has 0 radical (unpaired) electrons. The van der Waals surface area contributed by atoms with Crippen LogP contribution in [0.4, 0.5) is 0 Å². The molecule has 1 atom stereocenters. The third-order valence-electron chi connectivity index (χ3n) is 4.09. The summed E-state index contributed by atoms with van der Waals surface area (Å²) in [6.45, 7) is 7.55. The molecule has 1 aromatic heterocycles. The van der Waals surface area contributed by atoms with Gasteiger partial charge in [-0.15, -0.1) is 5.10 Å². The van der Waals surface area contributed by atoms with Crippen LogP contribution in [0.5, 0.6) is 5.75 Å². The molecular formula is C16H21N3O3. The van der Waals surface area contributed by atoms with Crippen molar-refractivity contribution in [2.45, 2.75) is 45.8 Å². The molecule has 0 bridgehead atoms. The first-order chi connectivity index (χ1) is 10.4. The zero-order valence-corrected chi connectivity index (χ0v) is 13.3. The summed E-state index contributed by atoms with van der Waals surface area (Å²) in [5.74, 6) is 1.23.